The lowest BCUT2D eigenvalue weighted by Crippen LogP contribution is -2.71. The number of hydrogen-bond donors (Lipinski definition) is 3. The van der Waals surface area contributed by atoms with E-state index in [0.717, 1.165) is 16.2 Å². The molecule has 31 heavy (non-hydrogen) atoms. The molecule has 1 fully saturated rings. The molecule has 0 aromatic carbocycles. The summed E-state index contributed by atoms with van der Waals surface area (Å²) in [6.07, 6.45) is 1.71. The summed E-state index contributed by atoms with van der Waals surface area (Å²) < 4.78 is -0.141. The number of carbonyl (C=O) groups excluding carboxylic acids is 3. The maximum absolute atomic E-state index is 12.7. The summed E-state index contributed by atoms with van der Waals surface area (Å²) in [6, 6.07) is -0.989. The lowest BCUT2D eigenvalue weighted by atomic mass is 10.0. The average molecular weight is 506 g/mol. The Kier molecular flexibility index (Phi) is 7.20. The Bertz CT molecular complexity index is 1040. The number of carbonyl (C=O) groups is 4. The van der Waals surface area contributed by atoms with Gasteiger partial charge in [-0.2, -0.15) is 0 Å². The minimum Gasteiger partial charge on any atom is -0.477 e. The Morgan fingerprint density at radius 2 is 2.19 bits per heavy atom. The molecule has 0 saturated carbocycles. The van der Waals surface area contributed by atoms with Gasteiger partial charge in [0.15, 0.2) is 10.8 Å². The molecule has 0 spiro atoms. The third-order valence-electron chi connectivity index (χ3n) is 4.10. The van der Waals surface area contributed by atoms with Crippen molar-refractivity contribution in [1.82, 2.24) is 15.2 Å². The molecule has 2 atom stereocenters. The molecule has 3 heterocycles. The first kappa shape index (κ1) is 23.1. The second-order valence-electron chi connectivity index (χ2n) is 5.90. The summed E-state index contributed by atoms with van der Waals surface area (Å²) in [6.45, 7) is 0. The molecule has 1 saturated heterocycles. The second-order valence-corrected chi connectivity index (χ2v) is 8.87. The molecular weight excluding hydrogens is 493 g/mol. The number of nitrogens with zero attached hydrogens (tertiary/aromatic N) is 3. The SMILES string of the molecule is CON=C(C(=O)NC1C(=O)N2C(C(=O)O)=C(C=C(Cl)Cl)CS[C@@H]12)c1csc(NC=O)n1. The largest absolute Gasteiger partial charge is 0.477 e. The Balaban J connectivity index is 1.80. The van der Waals surface area contributed by atoms with Crippen LogP contribution >= 0.6 is 46.3 Å². The van der Waals surface area contributed by atoms with E-state index in [1.807, 2.05) is 0 Å². The summed E-state index contributed by atoms with van der Waals surface area (Å²) in [5, 5.41) is 19.2. The molecule has 2 aliphatic heterocycles. The normalized spacial score (nSPS) is 20.4. The van der Waals surface area contributed by atoms with Crippen LogP contribution in [0.25, 0.3) is 0 Å². The molecule has 164 valence electrons. The van der Waals surface area contributed by atoms with E-state index < -0.39 is 29.2 Å². The number of carboxylic acids is 1. The number of amides is 3. The number of allylic oxidation sites excluding steroid dienone is 1. The molecule has 1 aromatic heterocycles. The van der Waals surface area contributed by atoms with Crippen LogP contribution in [0, 0.1) is 0 Å². The molecule has 3 amide bonds. The maximum Gasteiger partial charge on any atom is 0.352 e. The van der Waals surface area contributed by atoms with Gasteiger partial charge in [0, 0.05) is 11.1 Å². The Morgan fingerprint density at radius 3 is 2.81 bits per heavy atom. The standard InChI is InChI=1S/C16H13Cl2N5O6S2/c1-29-22-9(7-4-31-16(20-7)19-5-24)12(25)21-10-13(26)23-11(15(27)28)6(2-8(17)18)3-30-14(10)23/h2,4-5,10,14H,3H2,1H3,(H,21,25)(H,27,28)(H,19,20,24)/t10?,14-/m0/s1. The molecular formula is C16H13Cl2N5O6S2. The van der Waals surface area contributed by atoms with Crippen LogP contribution in [0.3, 0.4) is 0 Å². The molecule has 3 rings (SSSR count). The van der Waals surface area contributed by atoms with Crippen LogP contribution in [0.5, 0.6) is 0 Å². The van der Waals surface area contributed by atoms with E-state index in [2.05, 4.69) is 20.8 Å². The number of hydrogen-bond acceptors (Lipinski definition) is 9. The van der Waals surface area contributed by atoms with E-state index in [1.54, 1.807) is 0 Å². The molecule has 3 N–H and O–H groups in total. The minimum atomic E-state index is -1.32. The van der Waals surface area contributed by atoms with Gasteiger partial charge in [-0.05, 0) is 11.6 Å². The van der Waals surface area contributed by atoms with Crippen LogP contribution in [0.2, 0.25) is 0 Å². The summed E-state index contributed by atoms with van der Waals surface area (Å²) in [7, 11) is 1.23. The molecule has 0 bridgehead atoms. The number of aromatic nitrogens is 1. The van der Waals surface area contributed by atoms with E-state index in [-0.39, 0.29) is 38.1 Å². The number of anilines is 1. The van der Waals surface area contributed by atoms with Crippen molar-refractivity contribution in [2.45, 2.75) is 11.4 Å². The van der Waals surface area contributed by atoms with Crippen molar-refractivity contribution in [2.75, 3.05) is 18.2 Å². The van der Waals surface area contributed by atoms with Crippen molar-refractivity contribution in [3.05, 3.63) is 32.9 Å². The van der Waals surface area contributed by atoms with Gasteiger partial charge in [0.1, 0.15) is 34.4 Å². The molecule has 0 aliphatic carbocycles. The zero-order valence-corrected chi connectivity index (χ0v) is 18.6. The number of carboxylic acid groups (broad SMARTS) is 1. The van der Waals surface area contributed by atoms with E-state index in [4.69, 9.17) is 28.0 Å². The van der Waals surface area contributed by atoms with Crippen LogP contribution in [-0.4, -0.2) is 69.2 Å². The van der Waals surface area contributed by atoms with Crippen molar-refractivity contribution in [3.63, 3.8) is 0 Å². The van der Waals surface area contributed by atoms with Gasteiger partial charge >= 0.3 is 5.97 Å². The monoisotopic (exact) mass is 505 g/mol. The van der Waals surface area contributed by atoms with Gasteiger partial charge in [0.2, 0.25) is 6.41 Å². The fourth-order valence-electron chi connectivity index (χ4n) is 2.89. The number of oxime groups is 1. The fraction of sp³-hybridized carbons (Fsp3) is 0.250. The van der Waals surface area contributed by atoms with Gasteiger partial charge in [-0.1, -0.05) is 28.4 Å². The van der Waals surface area contributed by atoms with E-state index in [9.17, 15) is 24.3 Å². The van der Waals surface area contributed by atoms with Crippen molar-refractivity contribution in [3.8, 4) is 0 Å². The quantitative estimate of drug-likeness (QED) is 0.206. The Morgan fingerprint density at radius 1 is 1.45 bits per heavy atom. The van der Waals surface area contributed by atoms with Gasteiger partial charge in [-0.3, -0.25) is 19.3 Å². The summed E-state index contributed by atoms with van der Waals surface area (Å²) in [5.74, 6) is -2.46. The van der Waals surface area contributed by atoms with Gasteiger partial charge in [0.05, 0.1) is 0 Å². The van der Waals surface area contributed by atoms with Gasteiger partial charge in [0.25, 0.3) is 11.8 Å². The maximum atomic E-state index is 12.7. The highest BCUT2D eigenvalue weighted by atomic mass is 35.5. The van der Waals surface area contributed by atoms with E-state index in [0.29, 0.717) is 6.41 Å². The number of aliphatic carboxylic acids is 1. The predicted molar refractivity (Wildman–Crippen MR) is 115 cm³/mol. The predicted octanol–water partition coefficient (Wildman–Crippen LogP) is 1.12. The molecule has 11 nitrogen and oxygen atoms in total. The first-order chi connectivity index (χ1) is 14.8. The number of halogens is 2. The third-order valence-corrected chi connectivity index (χ3v) is 6.39. The van der Waals surface area contributed by atoms with Crippen molar-refractivity contribution >= 4 is 81.3 Å². The zero-order chi connectivity index (χ0) is 22.7. The van der Waals surface area contributed by atoms with Gasteiger partial charge in [-0.15, -0.1) is 23.1 Å². The van der Waals surface area contributed by atoms with Gasteiger partial charge in [-0.25, -0.2) is 9.78 Å². The first-order valence-corrected chi connectivity index (χ1v) is 11.0. The van der Waals surface area contributed by atoms with E-state index >= 15 is 0 Å². The van der Waals surface area contributed by atoms with Crippen LogP contribution in [0.15, 0.2) is 32.4 Å². The Hall–Kier alpha value is -2.61. The lowest BCUT2D eigenvalue weighted by molar-refractivity contribution is -0.150. The highest BCUT2D eigenvalue weighted by molar-refractivity contribution is 8.00. The van der Waals surface area contributed by atoms with Crippen LogP contribution in [-0.2, 0) is 24.0 Å². The van der Waals surface area contributed by atoms with Gasteiger partial charge < -0.3 is 20.6 Å². The first-order valence-electron chi connectivity index (χ1n) is 8.30. The van der Waals surface area contributed by atoms with Crippen LogP contribution < -0.4 is 10.6 Å². The van der Waals surface area contributed by atoms with Crippen LogP contribution in [0.1, 0.15) is 5.69 Å². The average Bonchev–Trinajstić information content (AvgIpc) is 3.17. The summed E-state index contributed by atoms with van der Waals surface area (Å²) in [5.41, 5.74) is -0.0423. The summed E-state index contributed by atoms with van der Waals surface area (Å²) in [4.78, 5) is 57.5. The number of thioether (sulfide) groups is 1. The lowest BCUT2D eigenvalue weighted by Gasteiger charge is -2.49. The molecule has 2 aliphatic rings. The number of fused-ring (bicyclic) bond motifs is 1. The van der Waals surface area contributed by atoms with Crippen molar-refractivity contribution in [1.29, 1.82) is 0 Å². The highest BCUT2D eigenvalue weighted by Gasteiger charge is 2.54. The topological polar surface area (TPSA) is 150 Å². The minimum absolute atomic E-state index is 0.129. The number of thiazole rings is 1. The fourth-order valence-corrected chi connectivity index (χ4v) is 5.11. The smallest absolute Gasteiger partial charge is 0.352 e. The number of β-lactam (4-membered cyclic amide) rings is 1. The Labute approximate surface area is 193 Å². The molecule has 1 aromatic rings. The molecule has 1 unspecified atom stereocenters. The van der Waals surface area contributed by atoms with Crippen molar-refractivity contribution < 1.29 is 29.1 Å². The number of rotatable bonds is 8. The molecule has 15 heteroatoms. The second kappa shape index (κ2) is 9.68. The van der Waals surface area contributed by atoms with E-state index in [1.165, 1.54) is 30.3 Å². The molecule has 0 radical (unpaired) electrons. The zero-order valence-electron chi connectivity index (χ0n) is 15.5. The highest BCUT2D eigenvalue weighted by Crippen LogP contribution is 2.41. The van der Waals surface area contributed by atoms with Crippen LogP contribution in [0.4, 0.5) is 5.13 Å². The van der Waals surface area contributed by atoms with Crippen molar-refractivity contribution in [2.24, 2.45) is 5.16 Å². The number of nitrogens with one attached hydrogen (secondary N) is 2. The summed E-state index contributed by atoms with van der Waals surface area (Å²) >= 11 is 13.6. The third kappa shape index (κ3) is 4.69.